The molecule has 1 aromatic carbocycles. The van der Waals surface area contributed by atoms with E-state index in [4.69, 9.17) is 11.6 Å². The van der Waals surface area contributed by atoms with E-state index in [2.05, 4.69) is 15.0 Å². The van der Waals surface area contributed by atoms with Crippen LogP contribution >= 0.6 is 11.6 Å². The molecule has 0 saturated carbocycles. The molecule has 126 valence electrons. The zero-order chi connectivity index (χ0) is 17.9. The van der Waals surface area contributed by atoms with Gasteiger partial charge in [0.2, 0.25) is 5.78 Å². The number of ketones is 1. The van der Waals surface area contributed by atoms with Crippen molar-refractivity contribution in [2.24, 2.45) is 0 Å². The van der Waals surface area contributed by atoms with Gasteiger partial charge in [0.15, 0.2) is 0 Å². The minimum Gasteiger partial charge on any atom is -0.306 e. The van der Waals surface area contributed by atoms with Gasteiger partial charge in [-0.3, -0.25) is 9.78 Å². The van der Waals surface area contributed by atoms with Crippen LogP contribution in [0.1, 0.15) is 16.2 Å². The van der Waals surface area contributed by atoms with E-state index in [-0.39, 0.29) is 5.78 Å². The van der Waals surface area contributed by atoms with Gasteiger partial charge in [0.05, 0.1) is 0 Å². The van der Waals surface area contributed by atoms with Crippen molar-refractivity contribution < 1.29 is 4.79 Å². The molecule has 3 heterocycles. The Bertz CT molecular complexity index is 1080. The predicted octanol–water partition coefficient (Wildman–Crippen LogP) is 4.21. The van der Waals surface area contributed by atoms with Crippen molar-refractivity contribution in [1.29, 1.82) is 0 Å². The fraction of sp³-hybridized carbons (Fsp3) is 0. The maximum atomic E-state index is 12.5. The number of pyridine rings is 2. The number of benzene rings is 1. The monoisotopic (exact) mass is 360 g/mol. The molecule has 3 aromatic heterocycles. The number of halogens is 1. The van der Waals surface area contributed by atoms with Gasteiger partial charge in [-0.25, -0.2) is 9.97 Å². The van der Waals surface area contributed by atoms with Crippen LogP contribution in [0.4, 0.5) is 0 Å². The lowest BCUT2D eigenvalue weighted by Gasteiger charge is -2.07. The molecule has 0 bridgehead atoms. The number of imidazole rings is 1. The van der Waals surface area contributed by atoms with Crippen molar-refractivity contribution in [2.45, 2.75) is 0 Å². The molecule has 0 unspecified atom stereocenters. The number of carbonyl (C=O) groups excluding carboxylic acids is 1. The summed E-state index contributed by atoms with van der Waals surface area (Å²) in [7, 11) is 0. The van der Waals surface area contributed by atoms with Gasteiger partial charge in [-0.05, 0) is 42.0 Å². The van der Waals surface area contributed by atoms with Crippen LogP contribution in [0.25, 0.3) is 16.8 Å². The quantitative estimate of drug-likeness (QED) is 0.404. The van der Waals surface area contributed by atoms with Gasteiger partial charge in [-0.1, -0.05) is 29.8 Å². The number of carbonyl (C=O) groups is 1. The van der Waals surface area contributed by atoms with Crippen LogP contribution in [-0.2, 0) is 0 Å². The average molecular weight is 361 g/mol. The van der Waals surface area contributed by atoms with Gasteiger partial charge in [0.1, 0.15) is 22.9 Å². The van der Waals surface area contributed by atoms with E-state index in [1.54, 1.807) is 47.7 Å². The van der Waals surface area contributed by atoms with Crippen LogP contribution in [0, 0.1) is 0 Å². The normalized spacial score (nSPS) is 10.7. The predicted molar refractivity (Wildman–Crippen MR) is 99.5 cm³/mol. The van der Waals surface area contributed by atoms with E-state index >= 15 is 0 Å². The van der Waals surface area contributed by atoms with E-state index in [1.807, 2.05) is 36.4 Å². The number of rotatable bonds is 4. The summed E-state index contributed by atoms with van der Waals surface area (Å²) in [4.78, 5) is 24.9. The van der Waals surface area contributed by atoms with Crippen LogP contribution in [0.5, 0.6) is 0 Å². The summed E-state index contributed by atoms with van der Waals surface area (Å²) in [5.74, 6) is -0.212. The lowest BCUT2D eigenvalue weighted by molar-refractivity contribution is 0.103. The van der Waals surface area contributed by atoms with Crippen LogP contribution in [0.3, 0.4) is 0 Å². The second-order valence-corrected chi connectivity index (χ2v) is 5.96. The molecule has 0 N–H and O–H groups in total. The molecule has 0 amide bonds. The molecule has 6 heteroatoms. The molecule has 0 aliphatic carbocycles. The fourth-order valence-corrected chi connectivity index (χ4v) is 2.87. The van der Waals surface area contributed by atoms with Gasteiger partial charge in [0, 0.05) is 29.8 Å². The zero-order valence-electron chi connectivity index (χ0n) is 13.6. The maximum absolute atomic E-state index is 12.5. The molecule has 4 aromatic rings. The van der Waals surface area contributed by atoms with Gasteiger partial charge in [-0.2, -0.15) is 0 Å². The van der Waals surface area contributed by atoms with E-state index in [1.165, 1.54) is 0 Å². The summed E-state index contributed by atoms with van der Waals surface area (Å²) in [5.41, 5.74) is 3.37. The third kappa shape index (κ3) is 3.12. The zero-order valence-corrected chi connectivity index (χ0v) is 14.3. The molecular formula is C20H13ClN4O. The molecule has 26 heavy (non-hydrogen) atoms. The third-order valence-electron chi connectivity index (χ3n) is 3.93. The lowest BCUT2D eigenvalue weighted by Crippen LogP contribution is -2.03. The first-order valence-electron chi connectivity index (χ1n) is 7.93. The highest BCUT2D eigenvalue weighted by Crippen LogP contribution is 2.27. The summed E-state index contributed by atoms with van der Waals surface area (Å²) in [6.45, 7) is 0. The Hall–Kier alpha value is -3.31. The molecule has 0 spiro atoms. The van der Waals surface area contributed by atoms with Crippen molar-refractivity contribution in [1.82, 2.24) is 19.5 Å². The smallest absolute Gasteiger partial charge is 0.231 e. The first kappa shape index (κ1) is 16.2. The number of hydrogen-bond acceptors (Lipinski definition) is 4. The van der Waals surface area contributed by atoms with E-state index < -0.39 is 0 Å². The Kier molecular flexibility index (Phi) is 4.29. The Balaban J connectivity index is 1.67. The van der Waals surface area contributed by atoms with Crippen LogP contribution in [0.15, 0.2) is 79.5 Å². The first-order chi connectivity index (χ1) is 12.7. The van der Waals surface area contributed by atoms with Gasteiger partial charge in [-0.15, -0.1) is 0 Å². The van der Waals surface area contributed by atoms with Gasteiger partial charge >= 0.3 is 0 Å². The number of nitrogens with zero attached hydrogens (tertiary/aromatic N) is 4. The maximum Gasteiger partial charge on any atom is 0.231 e. The molecule has 0 aliphatic rings. The average Bonchev–Trinajstić information content (AvgIpc) is 3.19. The minimum absolute atomic E-state index is 0.212. The van der Waals surface area contributed by atoms with Crippen LogP contribution in [0.2, 0.25) is 5.15 Å². The molecule has 4 rings (SSSR count). The summed E-state index contributed by atoms with van der Waals surface area (Å²) < 4.78 is 1.80. The van der Waals surface area contributed by atoms with Crippen molar-refractivity contribution in [3.8, 4) is 16.8 Å². The molecule has 0 radical (unpaired) electrons. The molecule has 0 aliphatic heterocycles. The second-order valence-electron chi connectivity index (χ2n) is 5.60. The molecule has 0 fully saturated rings. The van der Waals surface area contributed by atoms with E-state index in [9.17, 15) is 4.79 Å². The van der Waals surface area contributed by atoms with Crippen molar-refractivity contribution in [2.75, 3.05) is 0 Å². The molecule has 5 nitrogen and oxygen atoms in total. The fourth-order valence-electron chi connectivity index (χ4n) is 2.64. The second kappa shape index (κ2) is 6.90. The summed E-state index contributed by atoms with van der Waals surface area (Å²) in [6, 6.07) is 16.8. The SMILES string of the molecule is O=C(c1ccccn1)c1cn(-c2cccc(-c3cccnc3Cl)c2)cn1. The summed E-state index contributed by atoms with van der Waals surface area (Å²) >= 11 is 6.19. The number of aromatic nitrogens is 4. The Labute approximate surface area is 155 Å². The highest BCUT2D eigenvalue weighted by Gasteiger charge is 2.14. The highest BCUT2D eigenvalue weighted by molar-refractivity contribution is 6.32. The molecular weight excluding hydrogens is 348 g/mol. The molecule has 0 saturated heterocycles. The largest absolute Gasteiger partial charge is 0.306 e. The first-order valence-corrected chi connectivity index (χ1v) is 8.31. The lowest BCUT2D eigenvalue weighted by atomic mass is 10.1. The topological polar surface area (TPSA) is 60.7 Å². The Morgan fingerprint density at radius 1 is 0.885 bits per heavy atom. The van der Waals surface area contributed by atoms with Gasteiger partial charge < -0.3 is 4.57 Å². The summed E-state index contributed by atoms with van der Waals surface area (Å²) in [5, 5.41) is 0.446. The standard InChI is InChI=1S/C20H13ClN4O/c21-20-16(7-4-10-23-20)14-5-3-6-15(11-14)25-12-18(24-13-25)19(26)17-8-1-2-9-22-17/h1-13H. The van der Waals surface area contributed by atoms with Crippen molar-refractivity contribution in [3.05, 3.63) is 96.1 Å². The van der Waals surface area contributed by atoms with E-state index in [0.717, 1.165) is 16.8 Å². The number of hydrogen-bond donors (Lipinski definition) is 0. The van der Waals surface area contributed by atoms with Crippen molar-refractivity contribution in [3.63, 3.8) is 0 Å². The Morgan fingerprint density at radius 2 is 1.77 bits per heavy atom. The van der Waals surface area contributed by atoms with Gasteiger partial charge in [0.25, 0.3) is 0 Å². The third-order valence-corrected chi connectivity index (χ3v) is 4.23. The van der Waals surface area contributed by atoms with Crippen LogP contribution < -0.4 is 0 Å². The van der Waals surface area contributed by atoms with E-state index in [0.29, 0.717) is 16.5 Å². The van der Waals surface area contributed by atoms with Crippen LogP contribution in [-0.4, -0.2) is 25.3 Å². The highest BCUT2D eigenvalue weighted by atomic mass is 35.5. The summed E-state index contributed by atoms with van der Waals surface area (Å²) in [6.07, 6.45) is 6.55. The minimum atomic E-state index is -0.212. The van der Waals surface area contributed by atoms with Crippen molar-refractivity contribution >= 4 is 17.4 Å². The Morgan fingerprint density at radius 3 is 2.58 bits per heavy atom. The molecule has 0 atom stereocenters.